The Morgan fingerprint density at radius 1 is 1.12 bits per heavy atom. The quantitative estimate of drug-likeness (QED) is 0.724. The zero-order valence-corrected chi connectivity index (χ0v) is 13.5. The monoisotopic (exact) mass is 326 g/mol. The maximum Gasteiger partial charge on any atom is 0.242 e. The first kappa shape index (κ1) is 16.0. The fourth-order valence-electron chi connectivity index (χ4n) is 2.80. The van der Waals surface area contributed by atoms with Crippen molar-refractivity contribution in [2.24, 2.45) is 0 Å². The van der Waals surface area contributed by atoms with Crippen molar-refractivity contribution in [2.75, 3.05) is 29.1 Å². The van der Waals surface area contributed by atoms with E-state index in [-0.39, 0.29) is 12.3 Å². The molecule has 1 aromatic carbocycles. The molecule has 126 valence electrons. The highest BCUT2D eigenvalue weighted by Gasteiger charge is 2.17. The van der Waals surface area contributed by atoms with Crippen LogP contribution in [0.2, 0.25) is 0 Å². The third-order valence-corrected chi connectivity index (χ3v) is 4.05. The van der Waals surface area contributed by atoms with Gasteiger partial charge in [-0.1, -0.05) is 30.3 Å². The molecule has 7 heteroatoms. The van der Waals surface area contributed by atoms with Crippen molar-refractivity contribution < 1.29 is 4.79 Å². The molecule has 0 saturated carbocycles. The van der Waals surface area contributed by atoms with Crippen LogP contribution in [-0.4, -0.2) is 29.0 Å². The summed E-state index contributed by atoms with van der Waals surface area (Å²) >= 11 is 0. The van der Waals surface area contributed by atoms with Crippen molar-refractivity contribution in [1.82, 2.24) is 15.4 Å². The minimum Gasteiger partial charge on any atom is -0.393 e. The predicted octanol–water partition coefficient (Wildman–Crippen LogP) is 1.73. The van der Waals surface area contributed by atoms with Crippen LogP contribution in [0.1, 0.15) is 24.8 Å². The van der Waals surface area contributed by atoms with Gasteiger partial charge < -0.3 is 10.6 Å². The number of hydrogen-bond donors (Lipinski definition) is 3. The molecule has 0 spiro atoms. The average molecular weight is 326 g/mol. The van der Waals surface area contributed by atoms with E-state index in [2.05, 4.69) is 25.7 Å². The van der Waals surface area contributed by atoms with Crippen LogP contribution >= 0.6 is 0 Å². The summed E-state index contributed by atoms with van der Waals surface area (Å²) in [6, 6.07) is 9.55. The van der Waals surface area contributed by atoms with E-state index in [1.54, 1.807) is 0 Å². The fraction of sp³-hybridized carbons (Fsp3) is 0.353. The Morgan fingerprint density at radius 2 is 1.88 bits per heavy atom. The van der Waals surface area contributed by atoms with Crippen LogP contribution < -0.4 is 21.5 Å². The minimum absolute atomic E-state index is 0.154. The van der Waals surface area contributed by atoms with Gasteiger partial charge in [0.05, 0.1) is 6.42 Å². The lowest BCUT2D eigenvalue weighted by Gasteiger charge is -2.28. The Hall–Kier alpha value is -2.83. The lowest BCUT2D eigenvalue weighted by Crippen LogP contribution is -2.33. The average Bonchev–Trinajstić information content (AvgIpc) is 2.62. The first-order valence-corrected chi connectivity index (χ1v) is 8.18. The fourth-order valence-corrected chi connectivity index (χ4v) is 2.80. The third-order valence-electron chi connectivity index (χ3n) is 4.05. The summed E-state index contributed by atoms with van der Waals surface area (Å²) in [4.78, 5) is 22.6. The van der Waals surface area contributed by atoms with Crippen LogP contribution in [-0.2, 0) is 11.2 Å². The van der Waals surface area contributed by atoms with Crippen molar-refractivity contribution in [3.63, 3.8) is 0 Å². The molecule has 1 aliphatic rings. The van der Waals surface area contributed by atoms with Crippen LogP contribution in [0, 0.1) is 0 Å². The molecule has 1 amide bonds. The maximum atomic E-state index is 12.0. The molecule has 24 heavy (non-hydrogen) atoms. The summed E-state index contributed by atoms with van der Waals surface area (Å²) in [6.45, 7) is 1.89. The molecule has 4 N–H and O–H groups in total. The number of anilines is 3. The van der Waals surface area contributed by atoms with E-state index in [1.165, 1.54) is 12.7 Å². The molecular weight excluding hydrogens is 304 g/mol. The molecule has 7 nitrogen and oxygen atoms in total. The standard InChI is InChI=1S/C17H22N6O/c18-15-16(19-12-20-17(15)23-9-5-2-6-10-23)22-21-14(24)11-13-7-3-1-4-8-13/h1,3-4,7-8,12H,2,5-6,9-11,18H2,(H,21,24)(H,19,20,22). The Bertz CT molecular complexity index is 685. The van der Waals surface area contributed by atoms with Gasteiger partial charge in [0.25, 0.3) is 0 Å². The van der Waals surface area contributed by atoms with E-state index in [9.17, 15) is 4.79 Å². The molecule has 2 aromatic rings. The van der Waals surface area contributed by atoms with Gasteiger partial charge in [0.2, 0.25) is 5.91 Å². The third kappa shape index (κ3) is 3.92. The van der Waals surface area contributed by atoms with E-state index in [0.717, 1.165) is 37.3 Å². The largest absolute Gasteiger partial charge is 0.393 e. The first-order chi connectivity index (χ1) is 11.7. The molecule has 0 radical (unpaired) electrons. The van der Waals surface area contributed by atoms with Gasteiger partial charge in [0.15, 0.2) is 11.6 Å². The highest BCUT2D eigenvalue weighted by atomic mass is 16.2. The number of nitrogen functional groups attached to an aromatic ring is 1. The second-order valence-corrected chi connectivity index (χ2v) is 5.84. The van der Waals surface area contributed by atoms with Gasteiger partial charge in [-0.15, -0.1) is 0 Å². The lowest BCUT2D eigenvalue weighted by atomic mass is 10.1. The number of carbonyl (C=O) groups excluding carboxylic acids is 1. The number of nitrogens with two attached hydrogens (primary N) is 1. The Labute approximate surface area is 141 Å². The van der Waals surface area contributed by atoms with Gasteiger partial charge >= 0.3 is 0 Å². The zero-order valence-electron chi connectivity index (χ0n) is 13.5. The van der Waals surface area contributed by atoms with Crippen molar-refractivity contribution in [3.05, 3.63) is 42.2 Å². The van der Waals surface area contributed by atoms with E-state index >= 15 is 0 Å². The van der Waals surface area contributed by atoms with Gasteiger partial charge in [-0.3, -0.25) is 15.6 Å². The number of nitrogens with one attached hydrogen (secondary N) is 2. The SMILES string of the molecule is Nc1c(NNC(=O)Cc2ccccc2)ncnc1N1CCCCC1. The summed E-state index contributed by atoms with van der Waals surface area (Å²) < 4.78 is 0. The molecular formula is C17H22N6O. The number of carbonyl (C=O) groups is 1. The van der Waals surface area contributed by atoms with Crippen LogP contribution in [0.4, 0.5) is 17.3 Å². The summed E-state index contributed by atoms with van der Waals surface area (Å²) in [5.41, 5.74) is 13.0. The molecule has 1 fully saturated rings. The molecule has 1 aromatic heterocycles. The number of nitrogens with zero attached hydrogens (tertiary/aromatic N) is 3. The van der Waals surface area contributed by atoms with Crippen molar-refractivity contribution in [3.8, 4) is 0 Å². The minimum atomic E-state index is -0.154. The maximum absolute atomic E-state index is 12.0. The van der Waals surface area contributed by atoms with Crippen LogP contribution in [0.5, 0.6) is 0 Å². The highest BCUT2D eigenvalue weighted by Crippen LogP contribution is 2.27. The molecule has 0 bridgehead atoms. The predicted molar refractivity (Wildman–Crippen MR) is 94.4 cm³/mol. The number of benzene rings is 1. The topological polar surface area (TPSA) is 96.2 Å². The number of hydrazine groups is 1. The molecule has 0 unspecified atom stereocenters. The second kappa shape index (κ2) is 7.63. The Morgan fingerprint density at radius 3 is 2.62 bits per heavy atom. The normalized spacial score (nSPS) is 14.2. The summed E-state index contributed by atoms with van der Waals surface area (Å²) in [6.07, 6.45) is 5.27. The highest BCUT2D eigenvalue weighted by molar-refractivity contribution is 5.82. The zero-order chi connectivity index (χ0) is 16.8. The van der Waals surface area contributed by atoms with Crippen LogP contribution in [0.25, 0.3) is 0 Å². The number of aromatic nitrogens is 2. The lowest BCUT2D eigenvalue weighted by molar-refractivity contribution is -0.119. The molecule has 0 atom stereocenters. The number of rotatable bonds is 5. The number of amides is 1. The van der Waals surface area contributed by atoms with Gasteiger partial charge in [-0.25, -0.2) is 9.97 Å². The van der Waals surface area contributed by atoms with E-state index in [0.29, 0.717) is 11.5 Å². The smallest absolute Gasteiger partial charge is 0.242 e. The molecule has 1 saturated heterocycles. The van der Waals surface area contributed by atoms with Crippen LogP contribution in [0.15, 0.2) is 36.7 Å². The van der Waals surface area contributed by atoms with Gasteiger partial charge in [-0.05, 0) is 24.8 Å². The molecule has 3 rings (SSSR count). The second-order valence-electron chi connectivity index (χ2n) is 5.84. The Balaban J connectivity index is 1.61. The Kier molecular flexibility index (Phi) is 5.10. The van der Waals surface area contributed by atoms with E-state index in [4.69, 9.17) is 5.73 Å². The van der Waals surface area contributed by atoms with Gasteiger partial charge in [0.1, 0.15) is 12.0 Å². The summed E-state index contributed by atoms with van der Waals surface area (Å²) in [5.74, 6) is 0.996. The van der Waals surface area contributed by atoms with Gasteiger partial charge in [-0.2, -0.15) is 0 Å². The number of piperidine rings is 1. The number of hydrogen-bond acceptors (Lipinski definition) is 6. The van der Waals surface area contributed by atoms with E-state index in [1.807, 2.05) is 30.3 Å². The summed E-state index contributed by atoms with van der Waals surface area (Å²) in [7, 11) is 0. The van der Waals surface area contributed by atoms with Gasteiger partial charge in [0, 0.05) is 13.1 Å². The summed E-state index contributed by atoms with van der Waals surface area (Å²) in [5, 5.41) is 0. The van der Waals surface area contributed by atoms with Crippen LogP contribution in [0.3, 0.4) is 0 Å². The van der Waals surface area contributed by atoms with Crippen molar-refractivity contribution in [1.29, 1.82) is 0 Å². The van der Waals surface area contributed by atoms with Crippen molar-refractivity contribution >= 4 is 23.2 Å². The van der Waals surface area contributed by atoms with E-state index < -0.39 is 0 Å². The molecule has 2 heterocycles. The molecule has 0 aliphatic carbocycles. The molecule has 1 aliphatic heterocycles. The van der Waals surface area contributed by atoms with Crippen molar-refractivity contribution in [2.45, 2.75) is 25.7 Å². The first-order valence-electron chi connectivity index (χ1n) is 8.18.